The average Bonchev–Trinajstić information content (AvgIpc) is 2.67. The molecule has 1 aromatic carbocycles. The quantitative estimate of drug-likeness (QED) is 0.859. The van der Waals surface area contributed by atoms with Gasteiger partial charge in [0.25, 0.3) is 5.91 Å². The number of ether oxygens (including phenoxy) is 1. The van der Waals surface area contributed by atoms with Gasteiger partial charge in [-0.1, -0.05) is 12.1 Å². The first kappa shape index (κ1) is 17.5. The number of amides is 1. The third kappa shape index (κ3) is 4.41. The summed E-state index contributed by atoms with van der Waals surface area (Å²) in [6.45, 7) is 2.09. The van der Waals surface area contributed by atoms with E-state index in [2.05, 4.69) is 9.71 Å². The Morgan fingerprint density at radius 3 is 2.68 bits per heavy atom. The SMILES string of the molecule is O=C(c1cccc(S(=O)(=O)NCc2ccccn2)c1)N1CCOCC1. The lowest BCUT2D eigenvalue weighted by Gasteiger charge is -2.27. The second-order valence-corrected chi connectivity index (χ2v) is 7.34. The Morgan fingerprint density at radius 1 is 1.16 bits per heavy atom. The van der Waals surface area contributed by atoms with Crippen LogP contribution in [0.25, 0.3) is 0 Å². The fourth-order valence-corrected chi connectivity index (χ4v) is 3.54. The van der Waals surface area contributed by atoms with Gasteiger partial charge in [0.2, 0.25) is 10.0 Å². The zero-order chi connectivity index (χ0) is 17.7. The van der Waals surface area contributed by atoms with Crippen LogP contribution in [0.1, 0.15) is 16.1 Å². The van der Waals surface area contributed by atoms with Gasteiger partial charge in [0, 0.05) is 24.8 Å². The molecular weight excluding hydrogens is 342 g/mol. The van der Waals surface area contributed by atoms with Crippen LogP contribution in [-0.2, 0) is 21.3 Å². The highest BCUT2D eigenvalue weighted by atomic mass is 32.2. The van der Waals surface area contributed by atoms with Crippen LogP contribution in [0.5, 0.6) is 0 Å². The zero-order valence-electron chi connectivity index (χ0n) is 13.6. The zero-order valence-corrected chi connectivity index (χ0v) is 14.4. The second-order valence-electron chi connectivity index (χ2n) is 5.58. The van der Waals surface area contributed by atoms with Gasteiger partial charge in [-0.25, -0.2) is 13.1 Å². The summed E-state index contributed by atoms with van der Waals surface area (Å²) in [6, 6.07) is 11.4. The maximum Gasteiger partial charge on any atom is 0.254 e. The van der Waals surface area contributed by atoms with E-state index in [9.17, 15) is 13.2 Å². The van der Waals surface area contributed by atoms with Crippen LogP contribution in [0.3, 0.4) is 0 Å². The minimum absolute atomic E-state index is 0.0579. The van der Waals surface area contributed by atoms with Crippen molar-refractivity contribution in [1.82, 2.24) is 14.6 Å². The number of pyridine rings is 1. The summed E-state index contributed by atoms with van der Waals surface area (Å²) >= 11 is 0. The molecule has 1 amide bonds. The summed E-state index contributed by atoms with van der Waals surface area (Å²) in [7, 11) is -3.73. The van der Waals surface area contributed by atoms with Gasteiger partial charge in [0.05, 0.1) is 30.3 Å². The number of morpholine rings is 1. The molecular formula is C17H19N3O4S. The first-order valence-corrected chi connectivity index (χ1v) is 9.41. The molecule has 7 nitrogen and oxygen atoms in total. The number of carbonyl (C=O) groups is 1. The van der Waals surface area contributed by atoms with E-state index >= 15 is 0 Å². The van der Waals surface area contributed by atoms with Crippen LogP contribution in [0, 0.1) is 0 Å². The topological polar surface area (TPSA) is 88.6 Å². The van der Waals surface area contributed by atoms with Crippen LogP contribution in [0.4, 0.5) is 0 Å². The van der Waals surface area contributed by atoms with Gasteiger partial charge >= 0.3 is 0 Å². The third-order valence-electron chi connectivity index (χ3n) is 3.86. The van der Waals surface area contributed by atoms with Gasteiger partial charge in [-0.3, -0.25) is 9.78 Å². The second kappa shape index (κ2) is 7.73. The van der Waals surface area contributed by atoms with E-state index in [1.165, 1.54) is 12.1 Å². The van der Waals surface area contributed by atoms with E-state index in [1.54, 1.807) is 41.4 Å². The van der Waals surface area contributed by atoms with E-state index in [4.69, 9.17) is 4.74 Å². The van der Waals surface area contributed by atoms with Gasteiger partial charge in [-0.05, 0) is 30.3 Å². The molecule has 1 aromatic heterocycles. The minimum atomic E-state index is -3.73. The highest BCUT2D eigenvalue weighted by Crippen LogP contribution is 2.14. The fraction of sp³-hybridized carbons (Fsp3) is 0.294. The number of benzene rings is 1. The van der Waals surface area contributed by atoms with Crippen molar-refractivity contribution in [3.8, 4) is 0 Å². The minimum Gasteiger partial charge on any atom is -0.378 e. The van der Waals surface area contributed by atoms with Crippen LogP contribution < -0.4 is 4.72 Å². The molecule has 0 bridgehead atoms. The number of carbonyl (C=O) groups excluding carboxylic acids is 1. The number of aromatic nitrogens is 1. The van der Waals surface area contributed by atoms with Crippen molar-refractivity contribution >= 4 is 15.9 Å². The van der Waals surface area contributed by atoms with Crippen molar-refractivity contribution < 1.29 is 17.9 Å². The summed E-state index contributed by atoms with van der Waals surface area (Å²) in [6.07, 6.45) is 1.60. The lowest BCUT2D eigenvalue weighted by molar-refractivity contribution is 0.0302. The molecule has 1 aliphatic rings. The first-order chi connectivity index (χ1) is 12.1. The molecule has 1 aliphatic heterocycles. The standard InChI is InChI=1S/C17H19N3O4S/c21-17(20-8-10-24-11-9-20)14-4-3-6-16(12-14)25(22,23)19-13-15-5-1-2-7-18-15/h1-7,12,19H,8-11,13H2. The fourth-order valence-electron chi connectivity index (χ4n) is 2.50. The molecule has 3 rings (SSSR count). The van der Waals surface area contributed by atoms with Crippen LogP contribution in [-0.4, -0.2) is 50.5 Å². The molecule has 25 heavy (non-hydrogen) atoms. The Balaban J connectivity index is 1.74. The smallest absolute Gasteiger partial charge is 0.254 e. The maximum atomic E-state index is 12.5. The van der Waals surface area contributed by atoms with Crippen molar-refractivity contribution in [3.63, 3.8) is 0 Å². The van der Waals surface area contributed by atoms with Gasteiger partial charge in [0.15, 0.2) is 0 Å². The van der Waals surface area contributed by atoms with E-state index in [0.29, 0.717) is 37.6 Å². The molecule has 1 N–H and O–H groups in total. The molecule has 0 atom stereocenters. The highest BCUT2D eigenvalue weighted by Gasteiger charge is 2.21. The predicted octanol–water partition coefficient (Wildman–Crippen LogP) is 1.03. The molecule has 0 unspecified atom stereocenters. The van der Waals surface area contributed by atoms with Crippen LogP contribution in [0.15, 0.2) is 53.6 Å². The van der Waals surface area contributed by atoms with Crippen molar-refractivity contribution in [1.29, 1.82) is 0 Å². The lowest BCUT2D eigenvalue weighted by atomic mass is 10.2. The van der Waals surface area contributed by atoms with E-state index in [0.717, 1.165) is 0 Å². The maximum absolute atomic E-state index is 12.5. The van der Waals surface area contributed by atoms with E-state index < -0.39 is 10.0 Å². The monoisotopic (exact) mass is 361 g/mol. The number of sulfonamides is 1. The molecule has 1 fully saturated rings. The van der Waals surface area contributed by atoms with Gasteiger partial charge in [-0.2, -0.15) is 0 Å². The molecule has 2 aromatic rings. The van der Waals surface area contributed by atoms with Crippen molar-refractivity contribution in [3.05, 3.63) is 59.9 Å². The van der Waals surface area contributed by atoms with Crippen molar-refractivity contribution in [2.24, 2.45) is 0 Å². The summed E-state index contributed by atoms with van der Waals surface area (Å²) in [4.78, 5) is 18.3. The molecule has 0 aliphatic carbocycles. The van der Waals surface area contributed by atoms with E-state index in [-0.39, 0.29) is 17.3 Å². The van der Waals surface area contributed by atoms with Gasteiger partial charge in [-0.15, -0.1) is 0 Å². The molecule has 2 heterocycles. The Bertz CT molecular complexity index is 834. The Kier molecular flexibility index (Phi) is 5.42. The van der Waals surface area contributed by atoms with Crippen molar-refractivity contribution in [2.75, 3.05) is 26.3 Å². The Morgan fingerprint density at radius 2 is 1.96 bits per heavy atom. The molecule has 0 radical (unpaired) electrons. The van der Waals surface area contributed by atoms with Gasteiger partial charge in [0.1, 0.15) is 0 Å². The molecule has 8 heteroatoms. The summed E-state index contributed by atoms with van der Waals surface area (Å²) in [5, 5.41) is 0. The number of nitrogens with one attached hydrogen (secondary N) is 1. The Hall–Kier alpha value is -2.29. The Labute approximate surface area is 146 Å². The molecule has 1 saturated heterocycles. The van der Waals surface area contributed by atoms with Crippen LogP contribution in [0.2, 0.25) is 0 Å². The number of hydrogen-bond acceptors (Lipinski definition) is 5. The summed E-state index contributed by atoms with van der Waals surface area (Å²) in [5.74, 6) is -0.190. The summed E-state index contributed by atoms with van der Waals surface area (Å²) in [5.41, 5.74) is 0.967. The predicted molar refractivity (Wildman–Crippen MR) is 91.4 cm³/mol. The normalized spacial score (nSPS) is 15.1. The van der Waals surface area contributed by atoms with Crippen molar-refractivity contribution in [2.45, 2.75) is 11.4 Å². The largest absolute Gasteiger partial charge is 0.378 e. The molecule has 0 spiro atoms. The van der Waals surface area contributed by atoms with Gasteiger partial charge < -0.3 is 9.64 Å². The van der Waals surface area contributed by atoms with E-state index in [1.807, 2.05) is 0 Å². The average molecular weight is 361 g/mol. The number of nitrogens with zero attached hydrogens (tertiary/aromatic N) is 2. The van der Waals surface area contributed by atoms with Crippen LogP contribution >= 0.6 is 0 Å². The molecule has 0 saturated carbocycles. The number of hydrogen-bond donors (Lipinski definition) is 1. The first-order valence-electron chi connectivity index (χ1n) is 7.93. The number of rotatable bonds is 5. The highest BCUT2D eigenvalue weighted by molar-refractivity contribution is 7.89. The lowest BCUT2D eigenvalue weighted by Crippen LogP contribution is -2.40. The molecule has 132 valence electrons. The summed E-state index contributed by atoms with van der Waals surface area (Å²) < 4.78 is 32.7. The third-order valence-corrected chi connectivity index (χ3v) is 5.26.